The van der Waals surface area contributed by atoms with Crippen LogP contribution in [0.2, 0.25) is 5.02 Å². The van der Waals surface area contributed by atoms with Crippen LogP contribution in [0, 0.1) is 0 Å². The van der Waals surface area contributed by atoms with Gasteiger partial charge in [-0.1, -0.05) is 31.4 Å². The highest BCUT2D eigenvalue weighted by molar-refractivity contribution is 6.31. The molecule has 1 saturated carbocycles. The lowest BCUT2D eigenvalue weighted by molar-refractivity contribution is 0.196. The maximum atomic E-state index is 6.44. The van der Waals surface area contributed by atoms with E-state index in [1.807, 2.05) is 11.7 Å². The van der Waals surface area contributed by atoms with Crippen LogP contribution in [0.3, 0.4) is 0 Å². The number of alkyl halides is 1. The summed E-state index contributed by atoms with van der Waals surface area (Å²) in [6, 6.07) is 0.662. The lowest BCUT2D eigenvalue weighted by atomic mass is 10.2. The van der Waals surface area contributed by atoms with Crippen LogP contribution < -0.4 is 0 Å². The Hall–Kier alpha value is -0.250. The van der Waals surface area contributed by atoms with Gasteiger partial charge in [0.2, 0.25) is 0 Å². The van der Waals surface area contributed by atoms with Crippen LogP contribution in [-0.2, 0) is 20.0 Å². The van der Waals surface area contributed by atoms with Crippen molar-refractivity contribution in [2.75, 3.05) is 12.4 Å². The zero-order valence-corrected chi connectivity index (χ0v) is 13.3. The van der Waals surface area contributed by atoms with Crippen LogP contribution >= 0.6 is 23.2 Å². The van der Waals surface area contributed by atoms with E-state index >= 15 is 0 Å². The summed E-state index contributed by atoms with van der Waals surface area (Å²) >= 11 is 12.4. The van der Waals surface area contributed by atoms with Gasteiger partial charge in [-0.15, -0.1) is 11.6 Å². The van der Waals surface area contributed by atoms with Crippen molar-refractivity contribution in [2.24, 2.45) is 7.05 Å². The first-order chi connectivity index (χ1) is 9.17. The standard InChI is InChI=1S/C14H23Cl2N3/c1-3-12-14(16)13(18(2)17-12)10-19(9-8-15)11-6-4-5-7-11/h11H,3-10H2,1-2H3. The third kappa shape index (κ3) is 3.45. The Morgan fingerprint density at radius 2 is 2.05 bits per heavy atom. The average Bonchev–Trinajstić information content (AvgIpc) is 3.01. The van der Waals surface area contributed by atoms with Crippen LogP contribution in [0.15, 0.2) is 0 Å². The SMILES string of the molecule is CCc1nn(C)c(CN(CCCl)C2CCCC2)c1Cl. The van der Waals surface area contributed by atoms with Gasteiger partial charge in [0.25, 0.3) is 0 Å². The molecule has 0 radical (unpaired) electrons. The molecule has 1 aromatic heterocycles. The van der Waals surface area contributed by atoms with Crippen molar-refractivity contribution in [3.8, 4) is 0 Å². The van der Waals surface area contributed by atoms with Gasteiger partial charge in [-0.3, -0.25) is 9.58 Å². The molecule has 0 N–H and O–H groups in total. The topological polar surface area (TPSA) is 21.1 Å². The van der Waals surface area contributed by atoms with E-state index in [2.05, 4.69) is 16.9 Å². The first-order valence-electron chi connectivity index (χ1n) is 7.17. The fourth-order valence-electron chi connectivity index (χ4n) is 2.95. The van der Waals surface area contributed by atoms with Gasteiger partial charge in [0.1, 0.15) is 0 Å². The van der Waals surface area contributed by atoms with Crippen LogP contribution in [0.1, 0.15) is 44.0 Å². The highest BCUT2D eigenvalue weighted by atomic mass is 35.5. The zero-order valence-electron chi connectivity index (χ0n) is 11.8. The largest absolute Gasteiger partial charge is 0.293 e. The molecule has 3 nitrogen and oxygen atoms in total. The zero-order chi connectivity index (χ0) is 13.8. The maximum absolute atomic E-state index is 6.44. The summed E-state index contributed by atoms with van der Waals surface area (Å²) < 4.78 is 1.93. The molecule has 0 aliphatic heterocycles. The number of hydrogen-bond donors (Lipinski definition) is 0. The number of aromatic nitrogens is 2. The van der Waals surface area contributed by atoms with Crippen molar-refractivity contribution >= 4 is 23.2 Å². The van der Waals surface area contributed by atoms with Gasteiger partial charge in [-0.2, -0.15) is 5.10 Å². The minimum Gasteiger partial charge on any atom is -0.293 e. The van der Waals surface area contributed by atoms with Gasteiger partial charge < -0.3 is 0 Å². The van der Waals surface area contributed by atoms with Gasteiger partial charge in [0.05, 0.1) is 16.4 Å². The van der Waals surface area contributed by atoms with E-state index in [1.54, 1.807) is 0 Å². The van der Waals surface area contributed by atoms with Crippen molar-refractivity contribution < 1.29 is 0 Å². The third-order valence-corrected chi connectivity index (χ3v) is 4.67. The Bertz CT molecular complexity index is 411. The Balaban J connectivity index is 2.14. The minimum absolute atomic E-state index is 0.662. The summed E-state index contributed by atoms with van der Waals surface area (Å²) in [5.74, 6) is 0.673. The molecule has 5 heteroatoms. The number of nitrogens with zero attached hydrogens (tertiary/aromatic N) is 3. The summed E-state index contributed by atoms with van der Waals surface area (Å²) in [6.07, 6.45) is 6.12. The molecule has 1 fully saturated rings. The summed E-state index contributed by atoms with van der Waals surface area (Å²) in [6.45, 7) is 3.88. The molecule has 19 heavy (non-hydrogen) atoms. The molecule has 0 amide bonds. The minimum atomic E-state index is 0.662. The van der Waals surface area contributed by atoms with Crippen LogP contribution in [0.5, 0.6) is 0 Å². The molecule has 1 heterocycles. The molecule has 0 aromatic carbocycles. The maximum Gasteiger partial charge on any atom is 0.0863 e. The second-order valence-corrected chi connectivity index (χ2v) is 6.04. The number of hydrogen-bond acceptors (Lipinski definition) is 2. The van der Waals surface area contributed by atoms with E-state index in [9.17, 15) is 0 Å². The Morgan fingerprint density at radius 3 is 2.58 bits per heavy atom. The van der Waals surface area contributed by atoms with Crippen molar-refractivity contribution in [3.05, 3.63) is 16.4 Å². The first kappa shape index (κ1) is 15.1. The predicted molar refractivity (Wildman–Crippen MR) is 81.0 cm³/mol. The molecule has 2 rings (SSSR count). The van der Waals surface area contributed by atoms with Gasteiger partial charge >= 0.3 is 0 Å². The molecule has 1 aromatic rings. The highest BCUT2D eigenvalue weighted by Gasteiger charge is 2.24. The Labute approximate surface area is 125 Å². The monoisotopic (exact) mass is 303 g/mol. The smallest absolute Gasteiger partial charge is 0.0863 e. The van der Waals surface area contributed by atoms with Crippen LogP contribution in [0.4, 0.5) is 0 Å². The van der Waals surface area contributed by atoms with Gasteiger partial charge in [-0.05, 0) is 19.3 Å². The summed E-state index contributed by atoms with van der Waals surface area (Å²) in [5, 5.41) is 5.33. The number of aryl methyl sites for hydroxylation is 2. The Kier molecular flexibility index (Phi) is 5.55. The average molecular weight is 304 g/mol. The first-order valence-corrected chi connectivity index (χ1v) is 8.08. The van der Waals surface area contributed by atoms with Crippen molar-refractivity contribution in [1.29, 1.82) is 0 Å². The molecule has 0 unspecified atom stereocenters. The van der Waals surface area contributed by atoms with E-state index in [0.717, 1.165) is 35.9 Å². The van der Waals surface area contributed by atoms with E-state index in [4.69, 9.17) is 23.2 Å². The highest BCUT2D eigenvalue weighted by Crippen LogP contribution is 2.28. The molecule has 1 aliphatic carbocycles. The fraction of sp³-hybridized carbons (Fsp3) is 0.786. The molecule has 108 valence electrons. The van der Waals surface area contributed by atoms with Gasteiger partial charge in [0, 0.05) is 32.1 Å². The fourth-order valence-corrected chi connectivity index (χ4v) is 3.52. The molecule has 1 aliphatic rings. The third-order valence-electron chi connectivity index (χ3n) is 4.07. The summed E-state index contributed by atoms with van der Waals surface area (Å²) in [4.78, 5) is 2.47. The van der Waals surface area contributed by atoms with Gasteiger partial charge in [0.15, 0.2) is 0 Å². The molecule has 0 bridgehead atoms. The summed E-state index contributed by atoms with van der Waals surface area (Å²) in [5.41, 5.74) is 2.12. The van der Waals surface area contributed by atoms with Crippen LogP contribution in [-0.4, -0.2) is 33.1 Å². The lowest BCUT2D eigenvalue weighted by Gasteiger charge is -2.28. The van der Waals surface area contributed by atoms with E-state index in [-0.39, 0.29) is 0 Å². The predicted octanol–water partition coefficient (Wildman–Crippen LogP) is 3.62. The Morgan fingerprint density at radius 1 is 1.37 bits per heavy atom. The van der Waals surface area contributed by atoms with Crippen molar-refractivity contribution in [3.63, 3.8) is 0 Å². The molecular weight excluding hydrogens is 281 g/mol. The number of halogens is 2. The summed E-state index contributed by atoms with van der Waals surface area (Å²) in [7, 11) is 1.98. The van der Waals surface area contributed by atoms with Crippen molar-refractivity contribution in [2.45, 2.75) is 51.6 Å². The second-order valence-electron chi connectivity index (χ2n) is 5.28. The molecular formula is C14H23Cl2N3. The molecule has 0 atom stereocenters. The van der Waals surface area contributed by atoms with Crippen LogP contribution in [0.25, 0.3) is 0 Å². The molecule has 0 spiro atoms. The van der Waals surface area contributed by atoms with E-state index in [1.165, 1.54) is 25.7 Å². The van der Waals surface area contributed by atoms with Gasteiger partial charge in [-0.25, -0.2) is 0 Å². The lowest BCUT2D eigenvalue weighted by Crippen LogP contribution is -2.35. The normalized spacial score (nSPS) is 16.7. The number of rotatable bonds is 6. The quantitative estimate of drug-likeness (QED) is 0.749. The molecule has 0 saturated heterocycles. The van der Waals surface area contributed by atoms with E-state index < -0.39 is 0 Å². The van der Waals surface area contributed by atoms with E-state index in [0.29, 0.717) is 11.9 Å². The van der Waals surface area contributed by atoms with Crippen molar-refractivity contribution in [1.82, 2.24) is 14.7 Å². The second kappa shape index (κ2) is 6.96.